The van der Waals surface area contributed by atoms with Gasteiger partial charge in [0, 0.05) is 17.9 Å². The van der Waals surface area contributed by atoms with Gasteiger partial charge in [-0.15, -0.1) is 0 Å². The van der Waals surface area contributed by atoms with Crippen molar-refractivity contribution in [2.24, 2.45) is 0 Å². The zero-order valence-electron chi connectivity index (χ0n) is 13.7. The van der Waals surface area contributed by atoms with Crippen molar-refractivity contribution in [2.45, 2.75) is 25.9 Å². The van der Waals surface area contributed by atoms with Crippen LogP contribution < -0.4 is 20.5 Å². The van der Waals surface area contributed by atoms with Gasteiger partial charge in [0.1, 0.15) is 12.4 Å². The molecule has 0 unspecified atom stereocenters. The quantitative estimate of drug-likeness (QED) is 0.861. The molecule has 2 aromatic rings. The first-order valence-electron chi connectivity index (χ1n) is 8.05. The average Bonchev–Trinajstić information content (AvgIpc) is 3.29. The molecule has 1 atom stereocenters. The second-order valence-electron chi connectivity index (χ2n) is 5.99. The van der Waals surface area contributed by atoms with Crippen LogP contribution in [-0.4, -0.2) is 44.6 Å². The fraction of sp³-hybridized carbons (Fsp3) is 0.438. The van der Waals surface area contributed by atoms with E-state index < -0.39 is 0 Å². The summed E-state index contributed by atoms with van der Waals surface area (Å²) in [6.45, 7) is 1.82. The third kappa shape index (κ3) is 3.11. The molecule has 0 radical (unpaired) electrons. The first-order valence-corrected chi connectivity index (χ1v) is 9.21. The summed E-state index contributed by atoms with van der Waals surface area (Å²) in [6.07, 6.45) is 0.968. The van der Waals surface area contributed by atoms with Gasteiger partial charge in [-0.2, -0.15) is 16.9 Å². The number of nitrogens with one attached hydrogen (secondary N) is 1. The second-order valence-corrected chi connectivity index (χ2v) is 7.14. The van der Waals surface area contributed by atoms with Crippen molar-refractivity contribution in [3.63, 3.8) is 0 Å². The largest absolute Gasteiger partial charge is 0.454 e. The van der Waals surface area contributed by atoms with Crippen molar-refractivity contribution in [2.75, 3.05) is 18.3 Å². The molecule has 9 heteroatoms. The molecule has 1 aromatic carbocycles. The van der Waals surface area contributed by atoms with E-state index in [1.807, 2.05) is 11.8 Å². The Bertz CT molecular complexity index is 870. The number of rotatable bonds is 4. The van der Waals surface area contributed by atoms with Gasteiger partial charge in [-0.3, -0.25) is 4.79 Å². The molecule has 3 heterocycles. The Kier molecular flexibility index (Phi) is 4.16. The van der Waals surface area contributed by atoms with E-state index in [1.165, 1.54) is 9.25 Å². The maximum atomic E-state index is 12.7. The van der Waals surface area contributed by atoms with Crippen LogP contribution in [0.2, 0.25) is 0 Å². The summed E-state index contributed by atoms with van der Waals surface area (Å²) in [4.78, 5) is 24.8. The van der Waals surface area contributed by atoms with E-state index in [2.05, 4.69) is 10.4 Å². The Balaban J connectivity index is 1.56. The molecule has 1 saturated heterocycles. The normalized spacial score (nSPS) is 18.5. The minimum Gasteiger partial charge on any atom is -0.454 e. The zero-order valence-corrected chi connectivity index (χ0v) is 14.5. The van der Waals surface area contributed by atoms with E-state index >= 15 is 0 Å². The Morgan fingerprint density at radius 2 is 2.24 bits per heavy atom. The van der Waals surface area contributed by atoms with Gasteiger partial charge in [0.2, 0.25) is 12.7 Å². The van der Waals surface area contributed by atoms with Crippen LogP contribution in [0.5, 0.6) is 11.5 Å². The molecule has 2 aliphatic rings. The van der Waals surface area contributed by atoms with Crippen LogP contribution >= 0.6 is 11.8 Å². The monoisotopic (exact) mass is 362 g/mol. The van der Waals surface area contributed by atoms with Crippen LogP contribution in [0.15, 0.2) is 23.0 Å². The van der Waals surface area contributed by atoms with E-state index in [0.29, 0.717) is 23.0 Å². The van der Waals surface area contributed by atoms with Gasteiger partial charge in [-0.25, -0.2) is 14.0 Å². The van der Waals surface area contributed by atoms with Gasteiger partial charge in [0.05, 0.1) is 5.69 Å². The lowest BCUT2D eigenvalue weighted by Crippen LogP contribution is -2.39. The Morgan fingerprint density at radius 1 is 1.40 bits per heavy atom. The van der Waals surface area contributed by atoms with Crippen LogP contribution in [0.1, 0.15) is 12.2 Å². The molecule has 132 valence electrons. The van der Waals surface area contributed by atoms with Gasteiger partial charge in [0.25, 0.3) is 0 Å². The molecule has 0 aliphatic carbocycles. The van der Waals surface area contributed by atoms with E-state index in [-0.39, 0.29) is 31.0 Å². The summed E-state index contributed by atoms with van der Waals surface area (Å²) in [5.41, 5.74) is 0.276. The zero-order chi connectivity index (χ0) is 17.4. The molecule has 2 aliphatic heterocycles. The summed E-state index contributed by atoms with van der Waals surface area (Å²) < 4.78 is 13.3. The number of hydrogen-bond acceptors (Lipinski definition) is 6. The summed E-state index contributed by atoms with van der Waals surface area (Å²) in [7, 11) is 0. The van der Waals surface area contributed by atoms with Crippen molar-refractivity contribution in [1.82, 2.24) is 19.7 Å². The van der Waals surface area contributed by atoms with Gasteiger partial charge < -0.3 is 14.8 Å². The Hall–Kier alpha value is -2.42. The lowest BCUT2D eigenvalue weighted by molar-refractivity contribution is -0.122. The summed E-state index contributed by atoms with van der Waals surface area (Å²) in [6, 6.07) is 5.44. The molecule has 1 amide bonds. The van der Waals surface area contributed by atoms with Gasteiger partial charge in [-0.1, -0.05) is 0 Å². The molecular weight excluding hydrogens is 344 g/mol. The highest BCUT2D eigenvalue weighted by Gasteiger charge is 2.21. The number of hydrogen-bond donors (Lipinski definition) is 1. The predicted octanol–water partition coefficient (Wildman–Crippen LogP) is 0.693. The topological polar surface area (TPSA) is 87.4 Å². The van der Waals surface area contributed by atoms with Crippen molar-refractivity contribution in [3.05, 3.63) is 34.5 Å². The number of ether oxygens (including phenoxy) is 2. The number of benzene rings is 1. The van der Waals surface area contributed by atoms with Crippen molar-refractivity contribution in [3.8, 4) is 17.2 Å². The van der Waals surface area contributed by atoms with Crippen LogP contribution in [0.25, 0.3) is 5.69 Å². The van der Waals surface area contributed by atoms with Crippen molar-refractivity contribution < 1.29 is 14.3 Å². The molecule has 1 fully saturated rings. The fourth-order valence-corrected chi connectivity index (χ4v) is 4.15. The SMILES string of the molecule is Cc1nn(CC(=O)N[C@@H]2CCSC2)c(=O)n1-c1ccc2c(c1)OCO2. The summed E-state index contributed by atoms with van der Waals surface area (Å²) in [5, 5.41) is 7.18. The number of fused-ring (bicyclic) bond motifs is 1. The number of thioether (sulfide) groups is 1. The maximum Gasteiger partial charge on any atom is 0.351 e. The smallest absolute Gasteiger partial charge is 0.351 e. The van der Waals surface area contributed by atoms with Crippen LogP contribution in [-0.2, 0) is 11.3 Å². The number of aromatic nitrogens is 3. The highest BCUT2D eigenvalue weighted by Crippen LogP contribution is 2.33. The van der Waals surface area contributed by atoms with Gasteiger partial charge in [-0.05, 0) is 31.2 Å². The van der Waals surface area contributed by atoms with Gasteiger partial charge in [0.15, 0.2) is 11.5 Å². The fourth-order valence-electron chi connectivity index (χ4n) is 3.00. The summed E-state index contributed by atoms with van der Waals surface area (Å²) >= 11 is 1.82. The molecule has 0 spiro atoms. The lowest BCUT2D eigenvalue weighted by atomic mass is 10.2. The number of nitrogens with zero attached hydrogens (tertiary/aromatic N) is 3. The van der Waals surface area contributed by atoms with E-state index in [1.54, 1.807) is 25.1 Å². The Labute approximate surface area is 148 Å². The minimum absolute atomic E-state index is 0.0849. The van der Waals surface area contributed by atoms with Crippen LogP contribution in [0.4, 0.5) is 0 Å². The number of aryl methyl sites for hydroxylation is 1. The third-order valence-corrected chi connectivity index (χ3v) is 5.37. The minimum atomic E-state index is -0.354. The van der Waals surface area contributed by atoms with Crippen molar-refractivity contribution in [1.29, 1.82) is 0 Å². The molecule has 1 aromatic heterocycles. The number of carbonyl (C=O) groups excluding carboxylic acids is 1. The molecule has 8 nitrogen and oxygen atoms in total. The first-order chi connectivity index (χ1) is 12.1. The molecule has 25 heavy (non-hydrogen) atoms. The lowest BCUT2D eigenvalue weighted by Gasteiger charge is -2.10. The number of amides is 1. The third-order valence-electron chi connectivity index (χ3n) is 4.20. The van der Waals surface area contributed by atoms with E-state index in [4.69, 9.17) is 9.47 Å². The van der Waals surface area contributed by atoms with Crippen LogP contribution in [0.3, 0.4) is 0 Å². The number of carbonyl (C=O) groups is 1. The molecule has 0 bridgehead atoms. The van der Waals surface area contributed by atoms with Crippen molar-refractivity contribution >= 4 is 17.7 Å². The predicted molar refractivity (Wildman–Crippen MR) is 92.6 cm³/mol. The van der Waals surface area contributed by atoms with E-state index in [9.17, 15) is 9.59 Å². The highest BCUT2D eigenvalue weighted by molar-refractivity contribution is 7.99. The average molecular weight is 362 g/mol. The van der Waals surface area contributed by atoms with E-state index in [0.717, 1.165) is 17.9 Å². The summed E-state index contributed by atoms with van der Waals surface area (Å²) in [5.74, 6) is 3.54. The first kappa shape index (κ1) is 16.1. The second kappa shape index (κ2) is 6.47. The van der Waals surface area contributed by atoms with Crippen LogP contribution in [0, 0.1) is 6.92 Å². The molecular formula is C16H18N4O4S. The van der Waals surface area contributed by atoms with Gasteiger partial charge >= 0.3 is 5.69 Å². The Morgan fingerprint density at radius 3 is 3.04 bits per heavy atom. The highest BCUT2D eigenvalue weighted by atomic mass is 32.2. The maximum absolute atomic E-state index is 12.7. The molecule has 0 saturated carbocycles. The molecule has 1 N–H and O–H groups in total. The standard InChI is InChI=1S/C16H18N4O4S/c1-10-18-19(7-15(21)17-11-4-5-25-8-11)16(22)20(10)12-2-3-13-14(6-12)24-9-23-13/h2-3,6,11H,4-5,7-9H2,1H3,(H,17,21)/t11-/m1/s1. The molecule has 4 rings (SSSR count).